The van der Waals surface area contributed by atoms with Gasteiger partial charge in [-0.05, 0) is 42.0 Å². The van der Waals surface area contributed by atoms with E-state index in [1.165, 1.54) is 12.1 Å². The number of phenols is 1. The quantitative estimate of drug-likeness (QED) is 0.476. The van der Waals surface area contributed by atoms with E-state index in [-0.39, 0.29) is 34.2 Å². The third-order valence-corrected chi connectivity index (χ3v) is 5.39. The number of halogens is 1. The van der Waals surface area contributed by atoms with Crippen LogP contribution in [0, 0.1) is 22.7 Å². The molecule has 0 fully saturated rings. The number of phenolic OH excluding ortho intramolecular Hbond substituents is 1. The van der Waals surface area contributed by atoms with E-state index in [0.717, 1.165) is 11.8 Å². The zero-order valence-corrected chi connectivity index (χ0v) is 16.5. The van der Waals surface area contributed by atoms with Crippen molar-refractivity contribution >= 4 is 35.0 Å². The van der Waals surface area contributed by atoms with Crippen LogP contribution >= 0.6 is 23.4 Å². The fourth-order valence-electron chi connectivity index (χ4n) is 2.73. The molecule has 3 aromatic rings. The van der Waals surface area contributed by atoms with Gasteiger partial charge in [0, 0.05) is 16.1 Å². The van der Waals surface area contributed by atoms with Crippen LogP contribution in [0.3, 0.4) is 0 Å². The maximum absolute atomic E-state index is 12.5. The Hall–Kier alpha value is -3.52. The second-order valence-electron chi connectivity index (χ2n) is 5.98. The van der Waals surface area contributed by atoms with Gasteiger partial charge in [0.25, 0.3) is 5.82 Å². The lowest BCUT2D eigenvalue weighted by atomic mass is 9.97. The fourth-order valence-corrected chi connectivity index (χ4v) is 3.77. The molecule has 0 aliphatic carbocycles. The molecule has 0 bridgehead atoms. The number of nitrogen functional groups attached to an aromatic ring is 1. The number of Topliss-reactive ketones (excluding diaryl/α,β-unsaturated/α-hetero) is 1. The number of ketones is 1. The summed E-state index contributed by atoms with van der Waals surface area (Å²) < 4.78 is 0. The summed E-state index contributed by atoms with van der Waals surface area (Å²) in [6.07, 6.45) is 0. The number of nitrogens with one attached hydrogen (secondary N) is 1. The lowest BCUT2D eigenvalue weighted by Crippen LogP contribution is -2.19. The zero-order chi connectivity index (χ0) is 21.0. The monoisotopic (exact) mass is 421 g/mol. The third-order valence-electron chi connectivity index (χ3n) is 4.14. The van der Waals surface area contributed by atoms with E-state index in [1.807, 2.05) is 6.07 Å². The second kappa shape index (κ2) is 8.66. The molecular formula is C21H14ClN4O2S+. The van der Waals surface area contributed by atoms with Crippen molar-refractivity contribution in [1.82, 2.24) is 0 Å². The molecule has 0 amide bonds. The molecule has 0 aliphatic heterocycles. The first kappa shape index (κ1) is 20.2. The van der Waals surface area contributed by atoms with E-state index >= 15 is 0 Å². The predicted molar refractivity (Wildman–Crippen MR) is 110 cm³/mol. The van der Waals surface area contributed by atoms with Crippen LogP contribution in [0.1, 0.15) is 21.5 Å². The Kier molecular flexibility index (Phi) is 6.04. The average Bonchev–Trinajstić information content (AvgIpc) is 2.72. The minimum absolute atomic E-state index is 0.0596. The van der Waals surface area contributed by atoms with Crippen LogP contribution in [0.2, 0.25) is 5.02 Å². The van der Waals surface area contributed by atoms with E-state index in [2.05, 4.69) is 11.1 Å². The van der Waals surface area contributed by atoms with E-state index < -0.39 is 0 Å². The maximum Gasteiger partial charge on any atom is 0.289 e. The van der Waals surface area contributed by atoms with Gasteiger partial charge in [0.15, 0.2) is 10.8 Å². The number of hydrogen-bond donors (Lipinski definition) is 2. The van der Waals surface area contributed by atoms with Gasteiger partial charge >= 0.3 is 0 Å². The van der Waals surface area contributed by atoms with Gasteiger partial charge in [0.05, 0.1) is 5.75 Å². The Bertz CT molecular complexity index is 1160. The number of H-pyrrole nitrogens is 1. The zero-order valence-electron chi connectivity index (χ0n) is 14.9. The number of carbonyl (C=O) groups is 1. The van der Waals surface area contributed by atoms with E-state index in [4.69, 9.17) is 17.3 Å². The average molecular weight is 422 g/mol. The highest BCUT2D eigenvalue weighted by Crippen LogP contribution is 2.34. The summed E-state index contributed by atoms with van der Waals surface area (Å²) in [7, 11) is 0. The van der Waals surface area contributed by atoms with Crippen molar-refractivity contribution in [1.29, 1.82) is 10.5 Å². The van der Waals surface area contributed by atoms with Crippen molar-refractivity contribution < 1.29 is 14.9 Å². The van der Waals surface area contributed by atoms with E-state index in [0.29, 0.717) is 26.7 Å². The molecule has 0 saturated carbocycles. The number of hydrogen-bond acceptors (Lipinski definition) is 6. The van der Waals surface area contributed by atoms with Crippen LogP contribution in [0.15, 0.2) is 53.6 Å². The molecule has 6 nitrogen and oxygen atoms in total. The Morgan fingerprint density at radius 1 is 1.07 bits per heavy atom. The highest BCUT2D eigenvalue weighted by Gasteiger charge is 2.24. The lowest BCUT2D eigenvalue weighted by Gasteiger charge is -2.10. The topological polar surface area (TPSA) is 125 Å². The van der Waals surface area contributed by atoms with Gasteiger partial charge in [-0.15, -0.1) is 0 Å². The van der Waals surface area contributed by atoms with Gasteiger partial charge in [-0.3, -0.25) is 10.5 Å². The van der Waals surface area contributed by atoms with Gasteiger partial charge in [0.1, 0.15) is 29.0 Å². The number of aromatic nitrogens is 1. The molecule has 4 N–H and O–H groups in total. The fraction of sp³-hybridized carbons (Fsp3) is 0.0476. The molecular weight excluding hydrogens is 408 g/mol. The Balaban J connectivity index is 2.00. The van der Waals surface area contributed by atoms with Gasteiger partial charge in [0.2, 0.25) is 0 Å². The number of nitriles is 2. The smallest absolute Gasteiger partial charge is 0.289 e. The van der Waals surface area contributed by atoms with Crippen LogP contribution in [0.5, 0.6) is 5.75 Å². The SMILES string of the molecule is N#Cc1c(N)[nH+]c(SCC(=O)c2ccc(Cl)cc2)c(C#N)c1-c1ccc(O)cc1. The Morgan fingerprint density at radius 3 is 2.28 bits per heavy atom. The predicted octanol–water partition coefficient (Wildman–Crippen LogP) is 3.83. The molecule has 29 heavy (non-hydrogen) atoms. The summed E-state index contributed by atoms with van der Waals surface area (Å²) in [5.74, 6) is 0.0751. The molecule has 0 aliphatic rings. The number of aromatic amines is 1. The number of benzene rings is 2. The van der Waals surface area contributed by atoms with Crippen LogP contribution in [0.25, 0.3) is 11.1 Å². The highest BCUT2D eigenvalue weighted by atomic mass is 35.5. The number of pyridine rings is 1. The minimum atomic E-state index is -0.141. The van der Waals surface area contributed by atoms with Crippen LogP contribution in [0.4, 0.5) is 5.82 Å². The summed E-state index contributed by atoms with van der Waals surface area (Å²) in [6.45, 7) is 0. The molecule has 0 unspecified atom stereocenters. The summed E-state index contributed by atoms with van der Waals surface area (Å²) in [6, 6.07) is 16.8. The first-order valence-corrected chi connectivity index (χ1v) is 9.71. The molecule has 0 atom stereocenters. The number of thioether (sulfide) groups is 1. The van der Waals surface area contributed by atoms with E-state index in [1.54, 1.807) is 36.4 Å². The maximum atomic E-state index is 12.5. The molecule has 2 aromatic carbocycles. The van der Waals surface area contributed by atoms with Crippen molar-refractivity contribution in [2.75, 3.05) is 11.5 Å². The highest BCUT2D eigenvalue weighted by molar-refractivity contribution is 7.99. The van der Waals surface area contributed by atoms with Crippen LogP contribution in [-0.4, -0.2) is 16.6 Å². The number of anilines is 1. The molecule has 1 aromatic heterocycles. The standard InChI is InChI=1S/C21H13ClN4O2S/c22-14-5-1-12(2-6-14)18(28)11-29-21-17(10-24)19(16(9-23)20(25)26-21)13-3-7-15(27)8-4-13/h1-8,27H,11H2,(H2,25,26)/p+1. The first-order valence-electron chi connectivity index (χ1n) is 8.34. The van der Waals surface area contributed by atoms with Gasteiger partial charge in [-0.25, -0.2) is 4.98 Å². The summed E-state index contributed by atoms with van der Waals surface area (Å²) in [4.78, 5) is 15.3. The molecule has 8 heteroatoms. The first-order chi connectivity index (χ1) is 13.9. The summed E-state index contributed by atoms with van der Waals surface area (Å²) in [5, 5.41) is 29.7. The van der Waals surface area contributed by atoms with Crippen molar-refractivity contribution in [2.45, 2.75) is 5.03 Å². The largest absolute Gasteiger partial charge is 0.508 e. The summed E-state index contributed by atoms with van der Waals surface area (Å²) in [5.41, 5.74) is 7.75. The number of rotatable bonds is 5. The normalized spacial score (nSPS) is 10.2. The number of nitrogens with two attached hydrogens (primary N) is 1. The van der Waals surface area contributed by atoms with Gasteiger partial charge < -0.3 is 5.11 Å². The number of carbonyl (C=O) groups excluding carboxylic acids is 1. The summed E-state index contributed by atoms with van der Waals surface area (Å²) >= 11 is 6.97. The second-order valence-corrected chi connectivity index (χ2v) is 7.40. The molecule has 1 heterocycles. The molecule has 0 radical (unpaired) electrons. The lowest BCUT2D eigenvalue weighted by molar-refractivity contribution is -0.410. The van der Waals surface area contributed by atoms with Crippen molar-refractivity contribution in [3.63, 3.8) is 0 Å². The van der Waals surface area contributed by atoms with Crippen molar-refractivity contribution in [3.8, 4) is 29.0 Å². The minimum Gasteiger partial charge on any atom is -0.508 e. The third kappa shape index (κ3) is 4.33. The number of nitrogens with zero attached hydrogens (tertiary/aromatic N) is 2. The molecule has 3 rings (SSSR count). The molecule has 0 spiro atoms. The van der Waals surface area contributed by atoms with Gasteiger partial charge in [-0.1, -0.05) is 35.5 Å². The molecule has 142 valence electrons. The van der Waals surface area contributed by atoms with Crippen molar-refractivity contribution in [2.24, 2.45) is 0 Å². The van der Waals surface area contributed by atoms with Gasteiger partial charge in [-0.2, -0.15) is 10.5 Å². The Morgan fingerprint density at radius 2 is 1.69 bits per heavy atom. The Labute approximate surface area is 176 Å². The van der Waals surface area contributed by atoms with Crippen molar-refractivity contribution in [3.05, 3.63) is 70.2 Å². The number of aromatic hydroxyl groups is 1. The van der Waals surface area contributed by atoms with Crippen LogP contribution in [-0.2, 0) is 0 Å². The molecule has 0 saturated heterocycles. The van der Waals surface area contributed by atoms with Crippen LogP contribution < -0.4 is 10.7 Å². The van der Waals surface area contributed by atoms with E-state index in [9.17, 15) is 20.4 Å².